The Kier molecular flexibility index (Phi) is 8.78. The first-order chi connectivity index (χ1) is 11.1. The summed E-state index contributed by atoms with van der Waals surface area (Å²) < 4.78 is 34.4. The van der Waals surface area contributed by atoms with E-state index in [-0.39, 0.29) is 36.4 Å². The zero-order valence-corrected chi connectivity index (χ0v) is 14.3. The van der Waals surface area contributed by atoms with Crippen molar-refractivity contribution >= 4 is 18.3 Å². The van der Waals surface area contributed by atoms with Crippen molar-refractivity contribution in [1.82, 2.24) is 10.6 Å². The summed E-state index contributed by atoms with van der Waals surface area (Å²) in [6.07, 6.45) is 2.48. The van der Waals surface area contributed by atoms with Crippen molar-refractivity contribution in [2.45, 2.75) is 32.9 Å². The van der Waals surface area contributed by atoms with Crippen LogP contribution < -0.4 is 20.1 Å². The highest BCUT2D eigenvalue weighted by Crippen LogP contribution is 2.30. The summed E-state index contributed by atoms with van der Waals surface area (Å²) in [5.74, 6) is 0.852. The Labute approximate surface area is 146 Å². The number of amides is 1. The van der Waals surface area contributed by atoms with Gasteiger partial charge in [-0.25, -0.2) is 0 Å². The SMILES string of the molecule is CCOc1cc(CNC(=O)CNCC2CC2)ccc1OC(F)F.Cl. The average Bonchev–Trinajstić information content (AvgIpc) is 3.31. The number of hydrogen-bond acceptors (Lipinski definition) is 4. The van der Waals surface area contributed by atoms with Gasteiger partial charge in [0.15, 0.2) is 11.5 Å². The summed E-state index contributed by atoms with van der Waals surface area (Å²) in [5.41, 5.74) is 0.755. The molecule has 2 N–H and O–H groups in total. The molecule has 0 radical (unpaired) electrons. The standard InChI is InChI=1S/C16H22F2N2O3.ClH/c1-2-22-14-7-12(5-6-13(14)23-16(17)18)9-20-15(21)10-19-8-11-3-4-11;/h5-7,11,16,19H,2-4,8-10H2,1H3,(H,20,21);1H. The Balaban J connectivity index is 0.00000288. The fourth-order valence-electron chi connectivity index (χ4n) is 2.10. The van der Waals surface area contributed by atoms with Crippen LogP contribution in [0.2, 0.25) is 0 Å². The molecule has 5 nitrogen and oxygen atoms in total. The van der Waals surface area contributed by atoms with Crippen molar-refractivity contribution in [3.8, 4) is 11.5 Å². The first-order valence-corrected chi connectivity index (χ1v) is 7.76. The number of alkyl halides is 2. The molecule has 24 heavy (non-hydrogen) atoms. The van der Waals surface area contributed by atoms with Crippen LogP contribution >= 0.6 is 12.4 Å². The number of benzene rings is 1. The second-order valence-corrected chi connectivity index (χ2v) is 5.44. The van der Waals surface area contributed by atoms with Gasteiger partial charge in [0.2, 0.25) is 5.91 Å². The summed E-state index contributed by atoms with van der Waals surface area (Å²) in [4.78, 5) is 11.7. The molecule has 0 aliphatic heterocycles. The van der Waals surface area contributed by atoms with Crippen molar-refractivity contribution in [2.75, 3.05) is 19.7 Å². The third-order valence-corrected chi connectivity index (χ3v) is 3.43. The summed E-state index contributed by atoms with van der Waals surface area (Å²) in [5, 5.41) is 5.88. The van der Waals surface area contributed by atoms with Crippen LogP contribution in [0.4, 0.5) is 8.78 Å². The molecule has 8 heteroatoms. The Morgan fingerprint density at radius 3 is 2.71 bits per heavy atom. The minimum atomic E-state index is -2.91. The molecule has 0 spiro atoms. The van der Waals surface area contributed by atoms with Crippen LogP contribution in [-0.2, 0) is 11.3 Å². The molecule has 0 saturated heterocycles. The molecule has 0 aromatic heterocycles. The Bertz CT molecular complexity index is 528. The zero-order valence-electron chi connectivity index (χ0n) is 13.5. The number of nitrogens with one attached hydrogen (secondary N) is 2. The van der Waals surface area contributed by atoms with E-state index in [9.17, 15) is 13.6 Å². The number of rotatable bonds is 10. The van der Waals surface area contributed by atoms with Crippen LogP contribution in [0.15, 0.2) is 18.2 Å². The van der Waals surface area contributed by atoms with Gasteiger partial charge in [0.1, 0.15) is 0 Å². The van der Waals surface area contributed by atoms with Gasteiger partial charge in [-0.2, -0.15) is 8.78 Å². The van der Waals surface area contributed by atoms with E-state index >= 15 is 0 Å². The summed E-state index contributed by atoms with van der Waals surface area (Å²) in [6.45, 7) is 0.645. The van der Waals surface area contributed by atoms with E-state index in [0.29, 0.717) is 13.2 Å². The third-order valence-electron chi connectivity index (χ3n) is 3.43. The minimum absolute atomic E-state index is 0. The molecule has 2 rings (SSSR count). The number of halogens is 3. The molecular formula is C16H23ClF2N2O3. The lowest BCUT2D eigenvalue weighted by Gasteiger charge is -2.13. The maximum absolute atomic E-state index is 12.3. The first kappa shape index (κ1) is 20.4. The van der Waals surface area contributed by atoms with Gasteiger partial charge < -0.3 is 20.1 Å². The highest BCUT2D eigenvalue weighted by molar-refractivity contribution is 5.85. The second-order valence-electron chi connectivity index (χ2n) is 5.44. The fourth-order valence-corrected chi connectivity index (χ4v) is 2.10. The van der Waals surface area contributed by atoms with E-state index in [1.54, 1.807) is 19.1 Å². The molecule has 0 bridgehead atoms. The van der Waals surface area contributed by atoms with E-state index in [1.807, 2.05) is 0 Å². The van der Waals surface area contributed by atoms with Crippen LogP contribution in [0.1, 0.15) is 25.3 Å². The van der Waals surface area contributed by atoms with Crippen molar-refractivity contribution < 1.29 is 23.0 Å². The molecule has 0 heterocycles. The molecule has 1 amide bonds. The monoisotopic (exact) mass is 364 g/mol. The quantitative estimate of drug-likeness (QED) is 0.670. The van der Waals surface area contributed by atoms with E-state index in [1.165, 1.54) is 18.9 Å². The highest BCUT2D eigenvalue weighted by atomic mass is 35.5. The van der Waals surface area contributed by atoms with Crippen LogP contribution in [0.5, 0.6) is 11.5 Å². The number of carbonyl (C=O) groups excluding carboxylic acids is 1. The largest absolute Gasteiger partial charge is 0.490 e. The first-order valence-electron chi connectivity index (χ1n) is 7.76. The maximum atomic E-state index is 12.3. The van der Waals surface area contributed by atoms with Gasteiger partial charge in [0.25, 0.3) is 0 Å². The van der Waals surface area contributed by atoms with Crippen LogP contribution in [0, 0.1) is 5.92 Å². The van der Waals surface area contributed by atoms with Gasteiger partial charge in [-0.15, -0.1) is 12.4 Å². The molecule has 1 saturated carbocycles. The van der Waals surface area contributed by atoms with Gasteiger partial charge in [0, 0.05) is 6.54 Å². The molecule has 0 atom stereocenters. The summed E-state index contributed by atoms with van der Waals surface area (Å²) in [6, 6.07) is 4.64. The van der Waals surface area contributed by atoms with E-state index in [4.69, 9.17) is 4.74 Å². The summed E-state index contributed by atoms with van der Waals surface area (Å²) >= 11 is 0. The normalized spacial score (nSPS) is 13.3. The van der Waals surface area contributed by atoms with Gasteiger partial charge in [-0.3, -0.25) is 4.79 Å². The number of ether oxygens (including phenoxy) is 2. The predicted molar refractivity (Wildman–Crippen MR) is 88.9 cm³/mol. The highest BCUT2D eigenvalue weighted by Gasteiger charge is 2.20. The van der Waals surface area contributed by atoms with E-state index in [0.717, 1.165) is 18.0 Å². The molecule has 1 aromatic rings. The average molecular weight is 365 g/mol. The fraction of sp³-hybridized carbons (Fsp3) is 0.562. The van der Waals surface area contributed by atoms with Crippen LogP contribution in [0.25, 0.3) is 0 Å². The molecule has 1 fully saturated rings. The Morgan fingerprint density at radius 2 is 2.08 bits per heavy atom. The predicted octanol–water partition coefficient (Wildman–Crippen LogP) is 2.72. The van der Waals surface area contributed by atoms with E-state index < -0.39 is 6.61 Å². The Morgan fingerprint density at radius 1 is 1.33 bits per heavy atom. The van der Waals surface area contributed by atoms with Gasteiger partial charge >= 0.3 is 6.61 Å². The van der Waals surface area contributed by atoms with Crippen molar-refractivity contribution in [1.29, 1.82) is 0 Å². The lowest BCUT2D eigenvalue weighted by molar-refractivity contribution is -0.120. The van der Waals surface area contributed by atoms with E-state index in [2.05, 4.69) is 15.4 Å². The molecule has 1 aromatic carbocycles. The van der Waals surface area contributed by atoms with Gasteiger partial charge in [0.05, 0.1) is 13.2 Å². The maximum Gasteiger partial charge on any atom is 0.387 e. The molecule has 136 valence electrons. The smallest absolute Gasteiger partial charge is 0.387 e. The van der Waals surface area contributed by atoms with Crippen LogP contribution in [0.3, 0.4) is 0 Å². The minimum Gasteiger partial charge on any atom is -0.490 e. The topological polar surface area (TPSA) is 59.6 Å². The van der Waals surface area contributed by atoms with Gasteiger partial charge in [-0.05, 0) is 49.9 Å². The lowest BCUT2D eigenvalue weighted by atomic mass is 10.2. The zero-order chi connectivity index (χ0) is 16.7. The third kappa shape index (κ3) is 7.31. The molecule has 1 aliphatic carbocycles. The lowest BCUT2D eigenvalue weighted by Crippen LogP contribution is -2.34. The summed E-state index contributed by atoms with van der Waals surface area (Å²) in [7, 11) is 0. The van der Waals surface area contributed by atoms with Gasteiger partial charge in [-0.1, -0.05) is 6.07 Å². The second kappa shape index (κ2) is 10.3. The number of hydrogen-bond donors (Lipinski definition) is 2. The number of carbonyl (C=O) groups is 1. The van der Waals surface area contributed by atoms with Crippen molar-refractivity contribution in [3.63, 3.8) is 0 Å². The van der Waals surface area contributed by atoms with Crippen LogP contribution in [-0.4, -0.2) is 32.2 Å². The van der Waals surface area contributed by atoms with Crippen molar-refractivity contribution in [3.05, 3.63) is 23.8 Å². The Hall–Kier alpha value is -1.60. The molecular weight excluding hydrogens is 342 g/mol. The molecule has 1 aliphatic rings. The van der Waals surface area contributed by atoms with Crippen molar-refractivity contribution in [2.24, 2.45) is 5.92 Å². The molecule has 0 unspecified atom stereocenters.